The van der Waals surface area contributed by atoms with Crippen LogP contribution in [0.5, 0.6) is 5.75 Å². The minimum absolute atomic E-state index is 0.0880. The minimum atomic E-state index is -4.27. The molecule has 0 bridgehead atoms. The number of rotatable bonds is 4. The number of urea groups is 1. The zero-order valence-corrected chi connectivity index (χ0v) is 11.2. The van der Waals surface area contributed by atoms with Crippen LogP contribution in [0.3, 0.4) is 0 Å². The minimum Gasteiger partial charge on any atom is -0.367 e. The molecule has 0 spiro atoms. The van der Waals surface area contributed by atoms with Gasteiger partial charge in [-0.25, -0.2) is 9.52 Å². The smallest absolute Gasteiger partial charge is 0.367 e. The molecule has 20 heavy (non-hydrogen) atoms. The molecule has 2 amide bonds. The van der Waals surface area contributed by atoms with E-state index < -0.39 is 16.3 Å². The molecule has 0 radical (unpaired) electrons. The highest BCUT2D eigenvalue weighted by Gasteiger charge is 2.17. The van der Waals surface area contributed by atoms with Crippen LogP contribution in [0.2, 0.25) is 0 Å². The van der Waals surface area contributed by atoms with Crippen molar-refractivity contribution in [2.24, 2.45) is 0 Å². The van der Waals surface area contributed by atoms with Gasteiger partial charge in [0.2, 0.25) is 0 Å². The van der Waals surface area contributed by atoms with Crippen LogP contribution in [0.25, 0.3) is 0 Å². The summed E-state index contributed by atoms with van der Waals surface area (Å²) in [6, 6.07) is 8.22. The van der Waals surface area contributed by atoms with Crippen LogP contribution < -0.4 is 14.2 Å². The summed E-state index contributed by atoms with van der Waals surface area (Å²) >= 11 is 0. The first-order valence-corrected chi connectivity index (χ1v) is 6.87. The van der Waals surface area contributed by atoms with E-state index >= 15 is 0 Å². The molecule has 0 saturated heterocycles. The maximum absolute atomic E-state index is 11.6. The number of carbonyl (C=O) groups excluding carboxylic acids is 1. The van der Waals surface area contributed by atoms with Gasteiger partial charge in [0.05, 0.1) is 0 Å². The van der Waals surface area contributed by atoms with Crippen molar-refractivity contribution in [3.05, 3.63) is 42.2 Å². The first-order chi connectivity index (χ1) is 9.44. The fraction of sp³-hybridized carbons (Fsp3) is 0.0909. The van der Waals surface area contributed by atoms with Crippen LogP contribution in [-0.2, 0) is 10.3 Å². The lowest BCUT2D eigenvalue weighted by atomic mass is 10.3. The second-order valence-electron chi connectivity index (χ2n) is 3.73. The summed E-state index contributed by atoms with van der Waals surface area (Å²) in [6.45, 7) is 1.63. The normalized spacial score (nSPS) is 10.8. The molecule has 0 aliphatic carbocycles. The Balaban J connectivity index is 1.96. The molecule has 0 aliphatic rings. The van der Waals surface area contributed by atoms with E-state index in [1.807, 2.05) is 0 Å². The third-order valence-corrected chi connectivity index (χ3v) is 2.88. The molecule has 1 heterocycles. The van der Waals surface area contributed by atoms with Gasteiger partial charge in [0.1, 0.15) is 11.5 Å². The van der Waals surface area contributed by atoms with Crippen molar-refractivity contribution in [3.63, 3.8) is 0 Å². The fourth-order valence-electron chi connectivity index (χ4n) is 1.30. The molecule has 1 aromatic carbocycles. The lowest BCUT2D eigenvalue weighted by molar-refractivity contribution is 0.255. The average molecular weight is 297 g/mol. The molecule has 2 N–H and O–H groups in total. The van der Waals surface area contributed by atoms with Gasteiger partial charge in [-0.2, -0.15) is 8.42 Å². The van der Waals surface area contributed by atoms with Gasteiger partial charge in [-0.3, -0.25) is 5.32 Å². The number of nitrogens with one attached hydrogen (secondary N) is 2. The lowest BCUT2D eigenvalue weighted by Gasteiger charge is -2.07. The molecule has 1 aromatic heterocycles. The van der Waals surface area contributed by atoms with Crippen molar-refractivity contribution < 1.29 is 21.9 Å². The maximum Gasteiger partial charge on any atom is 0.411 e. The molecule has 0 atom stereocenters. The van der Waals surface area contributed by atoms with Crippen LogP contribution in [-0.4, -0.2) is 19.6 Å². The molecular weight excluding hydrogens is 286 g/mol. The Morgan fingerprint density at radius 3 is 2.60 bits per heavy atom. The number of aryl methyl sites for hydroxylation is 1. The predicted octanol–water partition coefficient (Wildman–Crippen LogP) is 1.43. The lowest BCUT2D eigenvalue weighted by Crippen LogP contribution is -2.37. The number of amides is 2. The zero-order chi connectivity index (χ0) is 14.6. The van der Waals surface area contributed by atoms with Crippen LogP contribution in [0.15, 0.2) is 40.9 Å². The Morgan fingerprint density at radius 2 is 2.00 bits per heavy atom. The molecule has 2 rings (SSSR count). The highest BCUT2D eigenvalue weighted by molar-refractivity contribution is 7.85. The summed E-state index contributed by atoms with van der Waals surface area (Å²) in [5.41, 5.74) is 0. The summed E-state index contributed by atoms with van der Waals surface area (Å²) in [6.07, 6.45) is 0. The van der Waals surface area contributed by atoms with Gasteiger partial charge >= 0.3 is 16.3 Å². The molecule has 2 aromatic rings. The average Bonchev–Trinajstić information content (AvgIpc) is 2.74. The highest BCUT2D eigenvalue weighted by Crippen LogP contribution is 2.11. The third kappa shape index (κ3) is 3.99. The van der Waals surface area contributed by atoms with Crippen molar-refractivity contribution in [3.8, 4) is 5.75 Å². The quantitative estimate of drug-likeness (QED) is 0.883. The summed E-state index contributed by atoms with van der Waals surface area (Å²) < 4.78 is 34.2. The van der Waals surface area contributed by atoms with Crippen LogP contribution in [0, 0.1) is 6.92 Å². The van der Waals surface area contributed by atoms with E-state index in [1.54, 1.807) is 29.8 Å². The molecular formula is C11H11N3O5S. The van der Waals surface area contributed by atoms with Gasteiger partial charge < -0.3 is 8.71 Å². The van der Waals surface area contributed by atoms with E-state index in [2.05, 4.69) is 14.7 Å². The van der Waals surface area contributed by atoms with Crippen molar-refractivity contribution in [2.75, 3.05) is 5.32 Å². The van der Waals surface area contributed by atoms with Crippen molar-refractivity contribution >= 4 is 22.2 Å². The van der Waals surface area contributed by atoms with E-state index in [-0.39, 0.29) is 11.6 Å². The van der Waals surface area contributed by atoms with Crippen molar-refractivity contribution in [1.29, 1.82) is 0 Å². The van der Waals surface area contributed by atoms with Gasteiger partial charge in [0, 0.05) is 6.07 Å². The molecule has 106 valence electrons. The Labute approximate surface area is 115 Å². The number of benzene rings is 1. The number of aromatic nitrogens is 1. The third-order valence-electron chi connectivity index (χ3n) is 2.04. The molecule has 0 unspecified atom stereocenters. The monoisotopic (exact) mass is 297 g/mol. The van der Waals surface area contributed by atoms with Crippen LogP contribution in [0.4, 0.5) is 10.6 Å². The molecule has 0 aliphatic heterocycles. The van der Waals surface area contributed by atoms with E-state index in [4.69, 9.17) is 4.52 Å². The van der Waals surface area contributed by atoms with Crippen LogP contribution in [0.1, 0.15) is 5.76 Å². The number of hydrogen-bond acceptors (Lipinski definition) is 6. The number of nitrogens with zero attached hydrogens (tertiary/aromatic N) is 1. The summed E-state index contributed by atoms with van der Waals surface area (Å²) in [5.74, 6) is 0.656. The Morgan fingerprint density at radius 1 is 1.30 bits per heavy atom. The van der Waals surface area contributed by atoms with Gasteiger partial charge in [-0.05, 0) is 19.1 Å². The summed E-state index contributed by atoms with van der Waals surface area (Å²) in [5, 5.41) is 5.68. The van der Waals surface area contributed by atoms with E-state index in [1.165, 1.54) is 18.2 Å². The number of para-hydroxylation sites is 1. The van der Waals surface area contributed by atoms with Gasteiger partial charge in [-0.1, -0.05) is 23.4 Å². The van der Waals surface area contributed by atoms with Crippen molar-refractivity contribution in [1.82, 2.24) is 9.88 Å². The zero-order valence-electron chi connectivity index (χ0n) is 10.4. The number of hydrogen-bond donors (Lipinski definition) is 2. The first kappa shape index (κ1) is 13.9. The highest BCUT2D eigenvalue weighted by atomic mass is 32.2. The second kappa shape index (κ2) is 5.61. The Hall–Kier alpha value is -2.55. The predicted molar refractivity (Wildman–Crippen MR) is 69.4 cm³/mol. The number of carbonyl (C=O) groups is 1. The fourth-order valence-corrected chi connectivity index (χ4v) is 1.99. The van der Waals surface area contributed by atoms with E-state index in [0.29, 0.717) is 5.76 Å². The molecule has 0 fully saturated rings. The Kier molecular flexibility index (Phi) is 3.89. The molecule has 9 heteroatoms. The summed E-state index contributed by atoms with van der Waals surface area (Å²) in [7, 11) is -4.27. The topological polar surface area (TPSA) is 111 Å². The standard InChI is InChI=1S/C11H11N3O5S/c1-8-7-10(13-18-8)12-11(15)14-20(16,17)19-9-5-3-2-4-6-9/h2-7H,1H3,(H2,12,13,14,15). The van der Waals surface area contributed by atoms with Crippen LogP contribution >= 0.6 is 0 Å². The van der Waals surface area contributed by atoms with Crippen molar-refractivity contribution in [2.45, 2.75) is 6.92 Å². The largest absolute Gasteiger partial charge is 0.411 e. The van der Waals surface area contributed by atoms with Gasteiger partial charge in [0.25, 0.3) is 0 Å². The molecule has 0 saturated carbocycles. The van der Waals surface area contributed by atoms with Gasteiger partial charge in [-0.15, -0.1) is 0 Å². The number of anilines is 1. The Bertz CT molecular complexity index is 696. The second-order valence-corrected chi connectivity index (χ2v) is 5.01. The van der Waals surface area contributed by atoms with E-state index in [9.17, 15) is 13.2 Å². The SMILES string of the molecule is Cc1cc(NC(=O)NS(=O)(=O)Oc2ccccc2)no1. The first-order valence-electron chi connectivity index (χ1n) is 5.46. The van der Waals surface area contributed by atoms with E-state index in [0.717, 1.165) is 0 Å². The van der Waals surface area contributed by atoms with Gasteiger partial charge in [0.15, 0.2) is 5.82 Å². The summed E-state index contributed by atoms with van der Waals surface area (Å²) in [4.78, 5) is 11.5. The maximum atomic E-state index is 11.6. The molecule has 8 nitrogen and oxygen atoms in total.